The van der Waals surface area contributed by atoms with Crippen LogP contribution in [0.2, 0.25) is 10.0 Å². The smallest absolute Gasteiger partial charge is 0.335 e. The van der Waals surface area contributed by atoms with E-state index in [4.69, 9.17) is 28.3 Å². The van der Waals surface area contributed by atoms with E-state index >= 15 is 0 Å². The molecule has 0 radical (unpaired) electrons. The second kappa shape index (κ2) is 8.61. The Morgan fingerprint density at radius 2 is 1.83 bits per heavy atom. The van der Waals surface area contributed by atoms with Crippen LogP contribution in [-0.4, -0.2) is 21.9 Å². The van der Waals surface area contributed by atoms with Gasteiger partial charge in [-0.25, -0.2) is 4.79 Å². The normalized spacial score (nSPS) is 11.3. The molecule has 2 N–H and O–H groups in total. The molecule has 3 aromatic carbocycles. The molecule has 0 aliphatic rings. The number of hydrazone groups is 1. The minimum atomic E-state index is -0.957. The van der Waals surface area contributed by atoms with Gasteiger partial charge < -0.3 is 9.67 Å². The number of nitrogens with zero attached hydrogens (tertiary/aromatic N) is 2. The van der Waals surface area contributed by atoms with E-state index in [-0.39, 0.29) is 5.56 Å². The molecule has 30 heavy (non-hydrogen) atoms. The maximum Gasteiger partial charge on any atom is 0.335 e. The predicted molar refractivity (Wildman–Crippen MR) is 122 cm³/mol. The molecule has 0 bridgehead atoms. The van der Waals surface area contributed by atoms with E-state index in [1.165, 1.54) is 12.1 Å². The van der Waals surface area contributed by atoms with Gasteiger partial charge in [0.1, 0.15) is 0 Å². The van der Waals surface area contributed by atoms with Crippen molar-refractivity contribution in [2.45, 2.75) is 6.54 Å². The summed E-state index contributed by atoms with van der Waals surface area (Å²) in [7, 11) is 0. The van der Waals surface area contributed by atoms with E-state index in [1.54, 1.807) is 24.4 Å². The van der Waals surface area contributed by atoms with Crippen LogP contribution in [0.1, 0.15) is 21.5 Å². The van der Waals surface area contributed by atoms with Crippen LogP contribution in [0.25, 0.3) is 10.9 Å². The zero-order chi connectivity index (χ0) is 21.1. The third kappa shape index (κ3) is 4.48. The quantitative estimate of drug-likeness (QED) is 0.281. The van der Waals surface area contributed by atoms with Crippen LogP contribution in [-0.2, 0) is 6.54 Å². The number of carboxylic acids is 1. The SMILES string of the molecule is O=C(O)c1ccc(N/N=C/c2ccc3ccn(Cc4ccc(Cl)cc4Cl)c3c2)cc1. The number of carboxylic acid groups (broad SMARTS) is 1. The first-order valence-corrected chi connectivity index (χ1v) is 9.90. The Kier molecular flexibility index (Phi) is 5.74. The van der Waals surface area contributed by atoms with Crippen molar-refractivity contribution >= 4 is 52.0 Å². The van der Waals surface area contributed by atoms with E-state index < -0.39 is 5.97 Å². The molecule has 0 saturated heterocycles. The van der Waals surface area contributed by atoms with Gasteiger partial charge in [-0.15, -0.1) is 0 Å². The highest BCUT2D eigenvalue weighted by atomic mass is 35.5. The highest BCUT2D eigenvalue weighted by Crippen LogP contribution is 2.24. The Morgan fingerprint density at radius 1 is 1.03 bits per heavy atom. The van der Waals surface area contributed by atoms with Crippen LogP contribution in [0.15, 0.2) is 78.0 Å². The number of carbonyl (C=O) groups is 1. The van der Waals surface area contributed by atoms with Gasteiger partial charge in [0.05, 0.1) is 17.5 Å². The van der Waals surface area contributed by atoms with Crippen molar-refractivity contribution in [3.8, 4) is 0 Å². The maximum absolute atomic E-state index is 10.9. The highest BCUT2D eigenvalue weighted by Gasteiger charge is 2.06. The maximum atomic E-state index is 10.9. The summed E-state index contributed by atoms with van der Waals surface area (Å²) < 4.78 is 2.12. The van der Waals surface area contributed by atoms with Gasteiger partial charge in [-0.1, -0.05) is 41.4 Å². The Morgan fingerprint density at radius 3 is 2.57 bits per heavy atom. The Hall–Kier alpha value is -3.28. The molecule has 0 amide bonds. The summed E-state index contributed by atoms with van der Waals surface area (Å²) in [4.78, 5) is 10.9. The van der Waals surface area contributed by atoms with E-state index in [0.29, 0.717) is 22.3 Å². The van der Waals surface area contributed by atoms with Gasteiger partial charge in [-0.3, -0.25) is 5.43 Å². The third-order valence-corrected chi connectivity index (χ3v) is 5.28. The molecule has 0 aliphatic heterocycles. The second-order valence-electron chi connectivity index (χ2n) is 6.75. The molecule has 7 heteroatoms. The van der Waals surface area contributed by atoms with Gasteiger partial charge in [-0.2, -0.15) is 5.10 Å². The topological polar surface area (TPSA) is 66.6 Å². The van der Waals surface area contributed by atoms with E-state index in [0.717, 1.165) is 22.0 Å². The first kappa shape index (κ1) is 20.0. The van der Waals surface area contributed by atoms with Crippen molar-refractivity contribution in [3.05, 3.63) is 99.7 Å². The van der Waals surface area contributed by atoms with Gasteiger partial charge in [0.2, 0.25) is 0 Å². The number of anilines is 1. The molecular weight excluding hydrogens is 421 g/mol. The molecular formula is C23H17Cl2N3O2. The van der Waals surface area contributed by atoms with Gasteiger partial charge in [0.15, 0.2) is 0 Å². The lowest BCUT2D eigenvalue weighted by Crippen LogP contribution is -1.99. The molecule has 0 spiro atoms. The largest absolute Gasteiger partial charge is 0.478 e. The third-order valence-electron chi connectivity index (χ3n) is 4.69. The molecule has 0 saturated carbocycles. The molecule has 1 heterocycles. The number of benzene rings is 3. The zero-order valence-corrected chi connectivity index (χ0v) is 17.2. The molecule has 150 valence electrons. The van der Waals surface area contributed by atoms with E-state index in [9.17, 15) is 4.79 Å². The molecule has 0 aliphatic carbocycles. The standard InChI is InChI=1S/C23H17Cl2N3O2/c24-19-6-3-18(21(25)12-19)14-28-10-9-16-2-1-15(11-22(16)28)13-26-27-20-7-4-17(5-8-20)23(29)30/h1-13,27H,14H2,(H,29,30)/b26-13+. The molecule has 0 atom stereocenters. The van der Waals surface area contributed by atoms with Crippen LogP contribution >= 0.6 is 23.2 Å². The van der Waals surface area contributed by atoms with E-state index in [1.807, 2.05) is 30.5 Å². The number of hydrogen-bond acceptors (Lipinski definition) is 3. The molecule has 4 aromatic rings. The number of fused-ring (bicyclic) bond motifs is 1. The summed E-state index contributed by atoms with van der Waals surface area (Å²) in [6.07, 6.45) is 3.75. The van der Waals surface area contributed by atoms with E-state index in [2.05, 4.69) is 27.2 Å². The molecule has 1 aromatic heterocycles. The fraction of sp³-hybridized carbons (Fsp3) is 0.0435. The Labute approximate surface area is 183 Å². The van der Waals surface area contributed by atoms with Gasteiger partial charge >= 0.3 is 5.97 Å². The predicted octanol–water partition coefficient (Wildman–Crippen LogP) is 6.14. The monoisotopic (exact) mass is 437 g/mol. The first-order valence-electron chi connectivity index (χ1n) is 9.15. The summed E-state index contributed by atoms with van der Waals surface area (Å²) in [5, 5.41) is 15.6. The zero-order valence-electron chi connectivity index (χ0n) is 15.7. The van der Waals surface area contributed by atoms with Crippen molar-refractivity contribution < 1.29 is 9.90 Å². The summed E-state index contributed by atoms with van der Waals surface area (Å²) in [5.41, 5.74) is 6.83. The fourth-order valence-corrected chi connectivity index (χ4v) is 3.59. The van der Waals surface area contributed by atoms with Crippen LogP contribution in [0, 0.1) is 0 Å². The van der Waals surface area contributed by atoms with Crippen LogP contribution in [0.5, 0.6) is 0 Å². The van der Waals surface area contributed by atoms with Gasteiger partial charge in [0, 0.05) is 28.3 Å². The summed E-state index contributed by atoms with van der Waals surface area (Å²) >= 11 is 12.3. The lowest BCUT2D eigenvalue weighted by Gasteiger charge is -2.08. The van der Waals surface area contributed by atoms with Crippen LogP contribution in [0.4, 0.5) is 5.69 Å². The molecule has 5 nitrogen and oxygen atoms in total. The lowest BCUT2D eigenvalue weighted by atomic mass is 10.1. The van der Waals surface area contributed by atoms with Crippen LogP contribution in [0.3, 0.4) is 0 Å². The Bertz CT molecular complexity index is 1250. The Balaban J connectivity index is 1.52. The fourth-order valence-electron chi connectivity index (χ4n) is 3.12. The van der Waals surface area contributed by atoms with Crippen molar-refractivity contribution in [1.82, 2.24) is 4.57 Å². The van der Waals surface area contributed by atoms with Crippen molar-refractivity contribution in [3.63, 3.8) is 0 Å². The van der Waals surface area contributed by atoms with Crippen LogP contribution < -0.4 is 5.43 Å². The number of hydrogen-bond donors (Lipinski definition) is 2. The highest BCUT2D eigenvalue weighted by molar-refractivity contribution is 6.35. The number of aromatic carboxylic acids is 1. The number of halogens is 2. The first-order chi connectivity index (χ1) is 14.5. The number of nitrogens with one attached hydrogen (secondary N) is 1. The summed E-state index contributed by atoms with van der Waals surface area (Å²) in [6.45, 7) is 0.633. The summed E-state index contributed by atoms with van der Waals surface area (Å²) in [6, 6.07) is 20.1. The minimum Gasteiger partial charge on any atom is -0.478 e. The molecule has 4 rings (SSSR count). The lowest BCUT2D eigenvalue weighted by molar-refractivity contribution is 0.0697. The van der Waals surface area contributed by atoms with Gasteiger partial charge in [-0.05, 0) is 65.0 Å². The number of rotatable bonds is 6. The molecule has 0 unspecified atom stereocenters. The average molecular weight is 438 g/mol. The number of aromatic nitrogens is 1. The average Bonchev–Trinajstić information content (AvgIpc) is 3.12. The second-order valence-corrected chi connectivity index (χ2v) is 7.59. The minimum absolute atomic E-state index is 0.233. The summed E-state index contributed by atoms with van der Waals surface area (Å²) in [5.74, 6) is -0.957. The van der Waals surface area contributed by atoms with Crippen molar-refractivity contribution in [1.29, 1.82) is 0 Å². The van der Waals surface area contributed by atoms with Gasteiger partial charge in [0.25, 0.3) is 0 Å². The van der Waals surface area contributed by atoms with Crippen molar-refractivity contribution in [2.75, 3.05) is 5.43 Å². The molecule has 0 fully saturated rings. The van der Waals surface area contributed by atoms with Crippen molar-refractivity contribution in [2.24, 2.45) is 5.10 Å².